The predicted octanol–water partition coefficient (Wildman–Crippen LogP) is 3.17. The largest absolute Gasteiger partial charge is 0.359 e. The second-order valence-electron chi connectivity index (χ2n) is 6.13. The predicted molar refractivity (Wildman–Crippen MR) is 88.9 cm³/mol. The Kier molecular flexibility index (Phi) is 4.04. The first-order chi connectivity index (χ1) is 11.8. The van der Waals surface area contributed by atoms with Crippen LogP contribution in [0.3, 0.4) is 0 Å². The smallest absolute Gasteiger partial charge is 0.178 e. The number of hydrogen-bond donors (Lipinski definition) is 0. The van der Waals surface area contributed by atoms with Gasteiger partial charge in [-0.25, -0.2) is 9.97 Å². The third-order valence-electron chi connectivity index (χ3n) is 4.32. The molecule has 0 amide bonds. The van der Waals surface area contributed by atoms with Gasteiger partial charge in [0.15, 0.2) is 11.6 Å². The molecule has 0 N–H and O–H groups in total. The van der Waals surface area contributed by atoms with Crippen molar-refractivity contribution >= 4 is 0 Å². The summed E-state index contributed by atoms with van der Waals surface area (Å²) in [6, 6.07) is 8.06. The molecule has 122 valence electrons. The van der Waals surface area contributed by atoms with Crippen LogP contribution in [0, 0.1) is 6.92 Å². The first-order valence-electron chi connectivity index (χ1n) is 8.19. The molecule has 0 saturated carbocycles. The molecule has 1 aliphatic heterocycles. The van der Waals surface area contributed by atoms with Gasteiger partial charge in [-0.1, -0.05) is 11.2 Å². The van der Waals surface area contributed by atoms with Gasteiger partial charge in [-0.15, -0.1) is 0 Å². The fraction of sp³-hybridized carbons (Fsp3) is 0.333. The van der Waals surface area contributed by atoms with E-state index in [4.69, 9.17) is 4.52 Å². The maximum Gasteiger partial charge on any atom is 0.178 e. The van der Waals surface area contributed by atoms with Crippen molar-refractivity contribution in [3.05, 3.63) is 59.9 Å². The van der Waals surface area contributed by atoms with Crippen molar-refractivity contribution in [3.63, 3.8) is 0 Å². The highest BCUT2D eigenvalue weighted by Gasteiger charge is 2.29. The lowest BCUT2D eigenvalue weighted by molar-refractivity contribution is 0.206. The molecule has 24 heavy (non-hydrogen) atoms. The highest BCUT2D eigenvalue weighted by atomic mass is 16.5. The molecule has 0 radical (unpaired) electrons. The zero-order valence-corrected chi connectivity index (χ0v) is 13.6. The molecular weight excluding hydrogens is 302 g/mol. The second kappa shape index (κ2) is 6.49. The van der Waals surface area contributed by atoms with E-state index in [1.807, 2.05) is 43.6 Å². The van der Waals surface area contributed by atoms with Gasteiger partial charge in [0.1, 0.15) is 5.69 Å². The monoisotopic (exact) mass is 321 g/mol. The summed E-state index contributed by atoms with van der Waals surface area (Å²) in [5.41, 5.74) is 2.82. The summed E-state index contributed by atoms with van der Waals surface area (Å²) < 4.78 is 5.46. The lowest BCUT2D eigenvalue weighted by atomic mass is 10.1. The normalized spacial score (nSPS) is 18.1. The molecule has 1 atom stereocenters. The topological polar surface area (TPSA) is 67.9 Å². The lowest BCUT2D eigenvalue weighted by Crippen LogP contribution is -2.22. The molecule has 1 aliphatic rings. The molecule has 4 rings (SSSR count). The second-order valence-corrected chi connectivity index (χ2v) is 6.13. The Morgan fingerprint density at radius 3 is 2.79 bits per heavy atom. The molecule has 6 heteroatoms. The van der Waals surface area contributed by atoms with Gasteiger partial charge in [-0.3, -0.25) is 9.88 Å². The Morgan fingerprint density at radius 2 is 2.08 bits per heavy atom. The third-order valence-corrected chi connectivity index (χ3v) is 4.32. The van der Waals surface area contributed by atoms with Crippen molar-refractivity contribution in [2.45, 2.75) is 32.4 Å². The zero-order chi connectivity index (χ0) is 16.4. The van der Waals surface area contributed by atoms with E-state index in [9.17, 15) is 0 Å². The summed E-state index contributed by atoms with van der Waals surface area (Å²) >= 11 is 0. The van der Waals surface area contributed by atoms with E-state index in [0.717, 1.165) is 48.6 Å². The van der Waals surface area contributed by atoms with Gasteiger partial charge in [-0.2, -0.15) is 0 Å². The van der Waals surface area contributed by atoms with Crippen LogP contribution >= 0.6 is 0 Å². The van der Waals surface area contributed by atoms with Gasteiger partial charge in [-0.05, 0) is 38.4 Å². The first kappa shape index (κ1) is 15.0. The van der Waals surface area contributed by atoms with Gasteiger partial charge in [0, 0.05) is 36.8 Å². The van der Waals surface area contributed by atoms with Crippen LogP contribution in [0.4, 0.5) is 0 Å². The number of nitrogens with zero attached hydrogens (tertiary/aromatic N) is 5. The number of rotatable bonds is 4. The van der Waals surface area contributed by atoms with Crippen LogP contribution in [-0.4, -0.2) is 31.6 Å². The van der Waals surface area contributed by atoms with E-state index in [1.54, 1.807) is 6.20 Å². The van der Waals surface area contributed by atoms with Crippen molar-refractivity contribution in [1.82, 2.24) is 25.0 Å². The number of aryl methyl sites for hydroxylation is 1. The van der Waals surface area contributed by atoms with Crippen molar-refractivity contribution in [1.29, 1.82) is 0 Å². The van der Waals surface area contributed by atoms with Gasteiger partial charge in [0.2, 0.25) is 0 Å². The third kappa shape index (κ3) is 3.05. The van der Waals surface area contributed by atoms with Gasteiger partial charge in [0.25, 0.3) is 0 Å². The molecule has 6 nitrogen and oxygen atoms in total. The Bertz CT molecular complexity index is 800. The molecule has 0 aromatic carbocycles. The summed E-state index contributed by atoms with van der Waals surface area (Å²) in [5.74, 6) is 1.61. The number of aromatic nitrogens is 4. The van der Waals surface area contributed by atoms with Crippen molar-refractivity contribution in [3.8, 4) is 11.5 Å². The zero-order valence-electron chi connectivity index (χ0n) is 13.6. The van der Waals surface area contributed by atoms with Crippen LogP contribution in [0.2, 0.25) is 0 Å². The molecule has 1 saturated heterocycles. The Balaban J connectivity index is 1.48. The molecule has 0 aliphatic carbocycles. The Morgan fingerprint density at radius 1 is 1.21 bits per heavy atom. The Labute approximate surface area is 140 Å². The van der Waals surface area contributed by atoms with E-state index in [1.165, 1.54) is 0 Å². The summed E-state index contributed by atoms with van der Waals surface area (Å²) in [5, 5.41) is 4.01. The van der Waals surface area contributed by atoms with Crippen LogP contribution in [0.25, 0.3) is 11.5 Å². The summed E-state index contributed by atoms with van der Waals surface area (Å²) in [7, 11) is 0. The first-order valence-corrected chi connectivity index (χ1v) is 8.19. The van der Waals surface area contributed by atoms with Crippen LogP contribution in [0.15, 0.2) is 47.4 Å². The van der Waals surface area contributed by atoms with Gasteiger partial charge < -0.3 is 4.52 Å². The summed E-state index contributed by atoms with van der Waals surface area (Å²) in [6.07, 6.45) is 7.79. The quantitative estimate of drug-likeness (QED) is 0.735. The van der Waals surface area contributed by atoms with E-state index in [2.05, 4.69) is 25.0 Å². The van der Waals surface area contributed by atoms with Crippen LogP contribution in [0.1, 0.15) is 35.9 Å². The molecule has 3 aromatic rings. The minimum absolute atomic E-state index is 0.293. The maximum absolute atomic E-state index is 5.46. The maximum atomic E-state index is 5.46. The van der Waals surface area contributed by atoms with Crippen LogP contribution in [0.5, 0.6) is 0 Å². The van der Waals surface area contributed by atoms with E-state index >= 15 is 0 Å². The standard InChI is InChI=1S/C18H19N5O/c1-13-9-17(24-22-13)16-6-4-8-23(16)12-14-10-20-18(21-11-14)15-5-2-3-7-19-15/h2-3,5,7,9-11,16H,4,6,8,12H2,1H3. The lowest BCUT2D eigenvalue weighted by Gasteiger charge is -2.21. The summed E-state index contributed by atoms with van der Waals surface area (Å²) in [6.45, 7) is 3.82. The molecule has 4 heterocycles. The molecule has 0 spiro atoms. The van der Waals surface area contributed by atoms with E-state index in [0.29, 0.717) is 11.9 Å². The number of pyridine rings is 1. The fourth-order valence-electron chi connectivity index (χ4n) is 3.18. The SMILES string of the molecule is Cc1cc(C2CCCN2Cc2cnc(-c3ccccn3)nc2)on1. The molecule has 1 fully saturated rings. The van der Waals surface area contributed by atoms with Crippen molar-refractivity contribution in [2.75, 3.05) is 6.54 Å². The molecule has 0 bridgehead atoms. The van der Waals surface area contributed by atoms with Crippen molar-refractivity contribution in [2.24, 2.45) is 0 Å². The summed E-state index contributed by atoms with van der Waals surface area (Å²) in [4.78, 5) is 15.6. The number of likely N-dealkylation sites (tertiary alicyclic amines) is 1. The van der Waals surface area contributed by atoms with Crippen molar-refractivity contribution < 1.29 is 4.52 Å². The van der Waals surface area contributed by atoms with Crippen LogP contribution < -0.4 is 0 Å². The van der Waals surface area contributed by atoms with E-state index < -0.39 is 0 Å². The Hall–Kier alpha value is -2.60. The minimum atomic E-state index is 0.293. The van der Waals surface area contributed by atoms with Gasteiger partial charge in [0.05, 0.1) is 11.7 Å². The average molecular weight is 321 g/mol. The highest BCUT2D eigenvalue weighted by molar-refractivity contribution is 5.47. The number of hydrogen-bond acceptors (Lipinski definition) is 6. The van der Waals surface area contributed by atoms with Gasteiger partial charge >= 0.3 is 0 Å². The highest BCUT2D eigenvalue weighted by Crippen LogP contribution is 2.33. The van der Waals surface area contributed by atoms with Crippen LogP contribution in [-0.2, 0) is 6.54 Å². The minimum Gasteiger partial charge on any atom is -0.359 e. The molecule has 3 aromatic heterocycles. The fourth-order valence-corrected chi connectivity index (χ4v) is 3.18. The van der Waals surface area contributed by atoms with E-state index in [-0.39, 0.29) is 0 Å². The molecular formula is C18H19N5O. The average Bonchev–Trinajstić information content (AvgIpc) is 3.25. The molecule has 1 unspecified atom stereocenters.